The summed E-state index contributed by atoms with van der Waals surface area (Å²) >= 11 is 1.39. The van der Waals surface area contributed by atoms with E-state index in [-0.39, 0.29) is 11.5 Å². The van der Waals surface area contributed by atoms with Gasteiger partial charge in [0, 0.05) is 12.2 Å². The number of thioether (sulfide) groups is 1. The average Bonchev–Trinajstić information content (AvgIpc) is 2.81. The lowest BCUT2D eigenvalue weighted by Crippen LogP contribution is -2.22. The Balaban J connectivity index is 2.13. The van der Waals surface area contributed by atoms with Crippen LogP contribution in [0.1, 0.15) is 19.8 Å². The summed E-state index contributed by atoms with van der Waals surface area (Å²) in [4.78, 5) is 30.0. The van der Waals surface area contributed by atoms with E-state index in [1.165, 1.54) is 33.1 Å². The highest BCUT2D eigenvalue weighted by molar-refractivity contribution is 7.99. The molecule has 1 aromatic heterocycles. The van der Waals surface area contributed by atoms with Gasteiger partial charge in [-0.3, -0.25) is 14.2 Å². The van der Waals surface area contributed by atoms with Crippen molar-refractivity contribution in [3.63, 3.8) is 0 Å². The maximum atomic E-state index is 13.6. The summed E-state index contributed by atoms with van der Waals surface area (Å²) in [5.74, 6) is 1.42. The number of carbonyl (C=O) groups excluding carboxylic acids is 1. The number of carbonyl (C=O) groups is 1. The molecule has 0 N–H and O–H groups in total. The lowest BCUT2D eigenvalue weighted by atomic mass is 10.2. The standard InChI is InChI=1S/C23H26N2O6S/c1-5-31-18(26)12-9-13-32-23-24-19-16(14-17(28-2)20(29-3)21(19)30-4)22(27)25(23)15-10-7-6-8-11-15/h6-8,10-11,14H,5,9,12-13H2,1-4H3. The summed E-state index contributed by atoms with van der Waals surface area (Å²) < 4.78 is 22.9. The van der Waals surface area contributed by atoms with Crippen molar-refractivity contribution < 1.29 is 23.7 Å². The summed E-state index contributed by atoms with van der Waals surface area (Å²) in [6.45, 7) is 2.14. The van der Waals surface area contributed by atoms with Crippen LogP contribution in [0.4, 0.5) is 0 Å². The van der Waals surface area contributed by atoms with Crippen molar-refractivity contribution in [3.05, 3.63) is 46.8 Å². The number of rotatable bonds is 10. The van der Waals surface area contributed by atoms with Crippen LogP contribution >= 0.6 is 11.8 Å². The predicted molar refractivity (Wildman–Crippen MR) is 124 cm³/mol. The Bertz CT molecular complexity index is 1150. The van der Waals surface area contributed by atoms with E-state index in [2.05, 4.69) is 0 Å². The zero-order valence-electron chi connectivity index (χ0n) is 18.5. The number of fused-ring (bicyclic) bond motifs is 1. The van der Waals surface area contributed by atoms with Gasteiger partial charge in [-0.1, -0.05) is 30.0 Å². The van der Waals surface area contributed by atoms with Gasteiger partial charge in [0.2, 0.25) is 5.75 Å². The minimum Gasteiger partial charge on any atom is -0.493 e. The normalized spacial score (nSPS) is 10.8. The molecular weight excluding hydrogens is 432 g/mol. The van der Waals surface area contributed by atoms with Crippen LogP contribution in [0.25, 0.3) is 16.6 Å². The monoisotopic (exact) mass is 458 g/mol. The third kappa shape index (κ3) is 4.83. The Labute approximate surface area is 190 Å². The van der Waals surface area contributed by atoms with E-state index in [1.54, 1.807) is 17.6 Å². The zero-order valence-corrected chi connectivity index (χ0v) is 19.4. The number of esters is 1. The van der Waals surface area contributed by atoms with Crippen LogP contribution in [0, 0.1) is 0 Å². The van der Waals surface area contributed by atoms with Gasteiger partial charge in [0.25, 0.3) is 5.56 Å². The SMILES string of the molecule is CCOC(=O)CCCSc1nc2c(OC)c(OC)c(OC)cc2c(=O)n1-c1ccccc1. The number of para-hydroxylation sites is 1. The average molecular weight is 459 g/mol. The van der Waals surface area contributed by atoms with E-state index in [0.29, 0.717) is 64.2 Å². The molecule has 0 atom stereocenters. The number of hydrogen-bond donors (Lipinski definition) is 0. The van der Waals surface area contributed by atoms with E-state index in [9.17, 15) is 9.59 Å². The molecule has 0 fully saturated rings. The summed E-state index contributed by atoms with van der Waals surface area (Å²) in [5, 5.41) is 0.835. The highest BCUT2D eigenvalue weighted by Crippen LogP contribution is 2.42. The lowest BCUT2D eigenvalue weighted by molar-refractivity contribution is -0.143. The van der Waals surface area contributed by atoms with E-state index in [0.717, 1.165) is 0 Å². The third-order valence-corrected chi connectivity index (χ3v) is 5.74. The molecule has 8 nitrogen and oxygen atoms in total. The van der Waals surface area contributed by atoms with Crippen LogP contribution in [-0.4, -0.2) is 49.2 Å². The quantitative estimate of drug-likeness (QED) is 0.196. The topological polar surface area (TPSA) is 88.9 Å². The number of aromatic nitrogens is 2. The molecule has 0 aliphatic heterocycles. The predicted octanol–water partition coefficient (Wildman–Crippen LogP) is 3.85. The Morgan fingerprint density at radius 1 is 1.06 bits per heavy atom. The molecule has 1 heterocycles. The molecule has 0 aliphatic rings. The number of benzene rings is 2. The van der Waals surface area contributed by atoms with Crippen LogP contribution in [0.5, 0.6) is 17.2 Å². The van der Waals surface area contributed by atoms with Gasteiger partial charge in [-0.2, -0.15) is 0 Å². The van der Waals surface area contributed by atoms with Crippen molar-refractivity contribution in [3.8, 4) is 22.9 Å². The fourth-order valence-corrected chi connectivity index (χ4v) is 4.23. The van der Waals surface area contributed by atoms with Crippen LogP contribution in [0.2, 0.25) is 0 Å². The van der Waals surface area contributed by atoms with Gasteiger partial charge in [0.15, 0.2) is 16.7 Å². The van der Waals surface area contributed by atoms with Crippen LogP contribution in [-0.2, 0) is 9.53 Å². The summed E-state index contributed by atoms with van der Waals surface area (Å²) in [6, 6.07) is 10.9. The Kier molecular flexibility index (Phi) is 7.99. The van der Waals surface area contributed by atoms with Gasteiger partial charge in [0.05, 0.1) is 39.0 Å². The summed E-state index contributed by atoms with van der Waals surface area (Å²) in [5.41, 5.74) is 0.817. The van der Waals surface area contributed by atoms with Crippen LogP contribution in [0.15, 0.2) is 46.3 Å². The van der Waals surface area contributed by atoms with Crippen molar-refractivity contribution in [2.24, 2.45) is 0 Å². The van der Waals surface area contributed by atoms with Gasteiger partial charge in [-0.05, 0) is 31.5 Å². The van der Waals surface area contributed by atoms with Crippen molar-refractivity contribution in [2.45, 2.75) is 24.9 Å². The fraction of sp³-hybridized carbons (Fsp3) is 0.348. The maximum absolute atomic E-state index is 13.6. The molecule has 0 bridgehead atoms. The zero-order chi connectivity index (χ0) is 23.1. The Morgan fingerprint density at radius 3 is 2.41 bits per heavy atom. The van der Waals surface area contributed by atoms with Gasteiger partial charge < -0.3 is 18.9 Å². The number of ether oxygens (including phenoxy) is 4. The maximum Gasteiger partial charge on any atom is 0.305 e. The number of nitrogens with zero attached hydrogens (tertiary/aromatic N) is 2. The highest BCUT2D eigenvalue weighted by Gasteiger charge is 2.22. The van der Waals surface area contributed by atoms with Gasteiger partial charge in [-0.15, -0.1) is 0 Å². The molecule has 2 aromatic carbocycles. The molecule has 3 rings (SSSR count). The largest absolute Gasteiger partial charge is 0.493 e. The number of methoxy groups -OCH3 is 3. The van der Waals surface area contributed by atoms with Crippen molar-refractivity contribution in [1.82, 2.24) is 9.55 Å². The van der Waals surface area contributed by atoms with Crippen molar-refractivity contribution >= 4 is 28.6 Å². The molecular formula is C23H26N2O6S. The third-order valence-electron chi connectivity index (χ3n) is 4.71. The minimum atomic E-state index is -0.256. The van der Waals surface area contributed by atoms with E-state index in [1.807, 2.05) is 30.3 Å². The second-order valence-electron chi connectivity index (χ2n) is 6.67. The Hall–Kier alpha value is -3.20. The van der Waals surface area contributed by atoms with Crippen molar-refractivity contribution in [1.29, 1.82) is 0 Å². The molecule has 32 heavy (non-hydrogen) atoms. The molecule has 3 aromatic rings. The first-order chi connectivity index (χ1) is 15.5. The minimum absolute atomic E-state index is 0.237. The lowest BCUT2D eigenvalue weighted by Gasteiger charge is -2.17. The molecule has 170 valence electrons. The van der Waals surface area contributed by atoms with E-state index >= 15 is 0 Å². The summed E-state index contributed by atoms with van der Waals surface area (Å²) in [6.07, 6.45) is 0.896. The molecule has 0 saturated carbocycles. The van der Waals surface area contributed by atoms with Crippen molar-refractivity contribution in [2.75, 3.05) is 33.7 Å². The van der Waals surface area contributed by atoms with E-state index < -0.39 is 0 Å². The first-order valence-corrected chi connectivity index (χ1v) is 11.1. The number of hydrogen-bond acceptors (Lipinski definition) is 8. The smallest absolute Gasteiger partial charge is 0.305 e. The molecule has 0 spiro atoms. The molecule has 0 saturated heterocycles. The highest BCUT2D eigenvalue weighted by atomic mass is 32.2. The second-order valence-corrected chi connectivity index (χ2v) is 7.73. The molecule has 0 unspecified atom stereocenters. The van der Waals surface area contributed by atoms with E-state index in [4.69, 9.17) is 23.9 Å². The van der Waals surface area contributed by atoms with Crippen LogP contribution < -0.4 is 19.8 Å². The molecule has 0 aliphatic carbocycles. The van der Waals surface area contributed by atoms with Crippen LogP contribution in [0.3, 0.4) is 0 Å². The molecule has 0 amide bonds. The second kappa shape index (κ2) is 10.9. The van der Waals surface area contributed by atoms with Gasteiger partial charge in [0.1, 0.15) is 5.52 Å². The first-order valence-electron chi connectivity index (χ1n) is 10.1. The molecule has 0 radical (unpaired) electrons. The van der Waals surface area contributed by atoms with Gasteiger partial charge in [-0.25, -0.2) is 4.98 Å². The van der Waals surface area contributed by atoms with Gasteiger partial charge >= 0.3 is 5.97 Å². The first kappa shape index (κ1) is 23.5. The Morgan fingerprint density at radius 2 is 1.78 bits per heavy atom. The fourth-order valence-electron chi connectivity index (χ4n) is 3.28. The summed E-state index contributed by atoms with van der Waals surface area (Å²) in [7, 11) is 4.50. The molecule has 9 heteroatoms.